The highest BCUT2D eigenvalue weighted by Crippen LogP contribution is 2.24. The van der Waals surface area contributed by atoms with Gasteiger partial charge in [-0.1, -0.05) is 30.3 Å². The number of amides is 1. The maximum Gasteiger partial charge on any atom is 0.257 e. The number of carbonyl (C=O) groups is 2. The molecule has 1 amide bonds. The second kappa shape index (κ2) is 6.82. The molecule has 5 nitrogen and oxygen atoms in total. The van der Waals surface area contributed by atoms with Crippen LogP contribution in [0.2, 0.25) is 0 Å². The van der Waals surface area contributed by atoms with Gasteiger partial charge in [0.2, 0.25) is 0 Å². The highest BCUT2D eigenvalue weighted by molar-refractivity contribution is 5.98. The largest absolute Gasteiger partial charge is 0.335 e. The van der Waals surface area contributed by atoms with Crippen LogP contribution in [0, 0.1) is 0 Å². The normalized spacial score (nSPS) is 17.7. The molecule has 0 spiro atoms. The van der Waals surface area contributed by atoms with Crippen LogP contribution in [0.5, 0.6) is 0 Å². The molecule has 2 heterocycles. The highest BCUT2D eigenvalue weighted by atomic mass is 16.2. The fourth-order valence-corrected chi connectivity index (χ4v) is 3.24. The van der Waals surface area contributed by atoms with Crippen molar-refractivity contribution in [1.29, 1.82) is 0 Å². The monoisotopic (exact) mass is 339 g/mol. The Bertz CT molecular complexity index is 759. The first kappa shape index (κ1) is 17.4. The fourth-order valence-electron chi connectivity index (χ4n) is 3.24. The number of rotatable bonds is 4. The van der Waals surface area contributed by atoms with E-state index < -0.39 is 0 Å². The van der Waals surface area contributed by atoms with Gasteiger partial charge in [0.25, 0.3) is 5.91 Å². The Labute approximate surface area is 148 Å². The Hall–Kier alpha value is -2.43. The molecule has 132 valence electrons. The SMILES string of the molecule is CC(C)(C)n1cc(C(=O)N2CCC[C@@H]2CC(=O)c2ccccc2)cn1. The van der Waals surface area contributed by atoms with Crippen LogP contribution in [0.15, 0.2) is 42.7 Å². The van der Waals surface area contributed by atoms with E-state index in [0.29, 0.717) is 24.1 Å². The Morgan fingerprint density at radius 2 is 1.88 bits per heavy atom. The van der Waals surface area contributed by atoms with Crippen LogP contribution in [-0.4, -0.2) is 39.0 Å². The summed E-state index contributed by atoms with van der Waals surface area (Å²) in [4.78, 5) is 27.2. The van der Waals surface area contributed by atoms with Crippen molar-refractivity contribution < 1.29 is 9.59 Å². The van der Waals surface area contributed by atoms with Gasteiger partial charge in [-0.2, -0.15) is 5.10 Å². The molecule has 3 rings (SSSR count). The number of aromatic nitrogens is 2. The van der Waals surface area contributed by atoms with E-state index in [9.17, 15) is 9.59 Å². The van der Waals surface area contributed by atoms with E-state index >= 15 is 0 Å². The van der Waals surface area contributed by atoms with Crippen LogP contribution in [0.4, 0.5) is 0 Å². The van der Waals surface area contributed by atoms with Crippen molar-refractivity contribution in [2.45, 2.75) is 51.6 Å². The average molecular weight is 339 g/mol. The number of hydrogen-bond acceptors (Lipinski definition) is 3. The molecule has 1 aliphatic heterocycles. The maximum absolute atomic E-state index is 12.9. The molecule has 1 aliphatic rings. The van der Waals surface area contributed by atoms with Gasteiger partial charge >= 0.3 is 0 Å². The first-order chi connectivity index (χ1) is 11.9. The van der Waals surface area contributed by atoms with Crippen molar-refractivity contribution in [1.82, 2.24) is 14.7 Å². The Morgan fingerprint density at radius 3 is 2.52 bits per heavy atom. The molecule has 0 radical (unpaired) electrons. The first-order valence-electron chi connectivity index (χ1n) is 8.80. The zero-order valence-corrected chi connectivity index (χ0v) is 15.1. The predicted octanol–water partition coefficient (Wildman–Crippen LogP) is 3.52. The lowest BCUT2D eigenvalue weighted by molar-refractivity contribution is 0.0717. The number of nitrogens with zero attached hydrogens (tertiary/aromatic N) is 3. The molecule has 0 aliphatic carbocycles. The van der Waals surface area contributed by atoms with Crippen molar-refractivity contribution in [3.05, 3.63) is 53.9 Å². The molecule has 1 atom stereocenters. The summed E-state index contributed by atoms with van der Waals surface area (Å²) in [5.74, 6) is 0.0644. The minimum Gasteiger partial charge on any atom is -0.335 e. The zero-order valence-electron chi connectivity index (χ0n) is 15.1. The molecule has 0 saturated carbocycles. The number of likely N-dealkylation sites (tertiary alicyclic amines) is 1. The molecule has 1 aromatic carbocycles. The van der Waals surface area contributed by atoms with Gasteiger partial charge in [0.15, 0.2) is 5.78 Å². The third kappa shape index (κ3) is 3.81. The Morgan fingerprint density at radius 1 is 1.16 bits per heavy atom. The predicted molar refractivity (Wildman–Crippen MR) is 96.7 cm³/mol. The molecular formula is C20H25N3O2. The Kier molecular flexibility index (Phi) is 4.75. The van der Waals surface area contributed by atoms with Crippen LogP contribution in [-0.2, 0) is 5.54 Å². The molecule has 5 heteroatoms. The van der Waals surface area contributed by atoms with Crippen LogP contribution < -0.4 is 0 Å². The Balaban J connectivity index is 1.72. The summed E-state index contributed by atoms with van der Waals surface area (Å²) >= 11 is 0. The van der Waals surface area contributed by atoms with Crippen LogP contribution in [0.1, 0.15) is 60.7 Å². The standard InChI is InChI=1S/C20H25N3O2/c1-20(2,3)23-14-16(13-21-23)19(25)22-11-7-10-17(22)12-18(24)15-8-5-4-6-9-15/h4-6,8-9,13-14,17H,7,10-12H2,1-3H3/t17-/m1/s1. The molecule has 0 unspecified atom stereocenters. The lowest BCUT2D eigenvalue weighted by atomic mass is 10.0. The lowest BCUT2D eigenvalue weighted by Crippen LogP contribution is -2.36. The van der Waals surface area contributed by atoms with E-state index in [4.69, 9.17) is 0 Å². The van der Waals surface area contributed by atoms with E-state index in [1.807, 2.05) is 56.0 Å². The summed E-state index contributed by atoms with van der Waals surface area (Å²) in [6.07, 6.45) is 5.62. The molecule has 25 heavy (non-hydrogen) atoms. The summed E-state index contributed by atoms with van der Waals surface area (Å²) < 4.78 is 1.81. The summed E-state index contributed by atoms with van der Waals surface area (Å²) in [6, 6.07) is 9.26. The van der Waals surface area contributed by atoms with Crippen molar-refractivity contribution in [3.8, 4) is 0 Å². The minimum absolute atomic E-state index is 0.0288. The molecule has 1 saturated heterocycles. The van der Waals surface area contributed by atoms with Crippen molar-refractivity contribution in [2.75, 3.05) is 6.54 Å². The van der Waals surface area contributed by atoms with Crippen LogP contribution in [0.25, 0.3) is 0 Å². The number of carbonyl (C=O) groups excluding carboxylic acids is 2. The summed E-state index contributed by atoms with van der Waals surface area (Å²) in [6.45, 7) is 6.84. The van der Waals surface area contributed by atoms with Gasteiger partial charge in [-0.05, 0) is 33.6 Å². The van der Waals surface area contributed by atoms with Gasteiger partial charge in [-0.15, -0.1) is 0 Å². The highest BCUT2D eigenvalue weighted by Gasteiger charge is 2.32. The molecule has 2 aromatic rings. The molecule has 0 bridgehead atoms. The topological polar surface area (TPSA) is 55.2 Å². The van der Waals surface area contributed by atoms with E-state index in [0.717, 1.165) is 12.8 Å². The van der Waals surface area contributed by atoms with Crippen LogP contribution >= 0.6 is 0 Å². The van der Waals surface area contributed by atoms with Gasteiger partial charge in [0.1, 0.15) is 0 Å². The number of Topliss-reactive ketones (excluding diaryl/α,β-unsaturated/α-hetero) is 1. The van der Waals surface area contributed by atoms with Gasteiger partial charge < -0.3 is 4.90 Å². The van der Waals surface area contributed by atoms with Crippen molar-refractivity contribution in [2.24, 2.45) is 0 Å². The zero-order chi connectivity index (χ0) is 18.0. The fraction of sp³-hybridized carbons (Fsp3) is 0.450. The second-order valence-electron chi connectivity index (χ2n) is 7.63. The summed E-state index contributed by atoms with van der Waals surface area (Å²) in [5, 5.41) is 4.32. The van der Waals surface area contributed by atoms with E-state index in [1.54, 1.807) is 17.1 Å². The molecule has 0 N–H and O–H groups in total. The van der Waals surface area contributed by atoms with Gasteiger partial charge in [-0.3, -0.25) is 14.3 Å². The lowest BCUT2D eigenvalue weighted by Gasteiger charge is -2.24. The second-order valence-corrected chi connectivity index (χ2v) is 7.63. The average Bonchev–Trinajstić information content (AvgIpc) is 3.24. The molecule has 1 aromatic heterocycles. The number of hydrogen-bond donors (Lipinski definition) is 0. The maximum atomic E-state index is 12.9. The van der Waals surface area contributed by atoms with E-state index in [2.05, 4.69) is 5.10 Å². The summed E-state index contributed by atoms with van der Waals surface area (Å²) in [5.41, 5.74) is 1.14. The van der Waals surface area contributed by atoms with Crippen molar-refractivity contribution >= 4 is 11.7 Å². The third-order valence-electron chi connectivity index (χ3n) is 4.67. The van der Waals surface area contributed by atoms with E-state index in [1.165, 1.54) is 0 Å². The third-order valence-corrected chi connectivity index (χ3v) is 4.67. The quantitative estimate of drug-likeness (QED) is 0.801. The van der Waals surface area contributed by atoms with Crippen molar-refractivity contribution in [3.63, 3.8) is 0 Å². The molecular weight excluding hydrogens is 314 g/mol. The first-order valence-corrected chi connectivity index (χ1v) is 8.80. The summed E-state index contributed by atoms with van der Waals surface area (Å²) in [7, 11) is 0. The smallest absolute Gasteiger partial charge is 0.257 e. The molecule has 1 fully saturated rings. The van der Waals surface area contributed by atoms with Crippen LogP contribution in [0.3, 0.4) is 0 Å². The van der Waals surface area contributed by atoms with Gasteiger partial charge in [-0.25, -0.2) is 0 Å². The van der Waals surface area contributed by atoms with E-state index in [-0.39, 0.29) is 23.3 Å². The number of ketones is 1. The minimum atomic E-state index is -0.161. The van der Waals surface area contributed by atoms with Gasteiger partial charge in [0, 0.05) is 30.8 Å². The number of benzene rings is 1. The van der Waals surface area contributed by atoms with Gasteiger partial charge in [0.05, 0.1) is 17.3 Å².